The molecule has 5 nitrogen and oxygen atoms in total. The van der Waals surface area contributed by atoms with Crippen molar-refractivity contribution in [3.8, 4) is 0 Å². The fourth-order valence-electron chi connectivity index (χ4n) is 3.53. The molecule has 0 spiro atoms. The Hall–Kier alpha value is -1.52. The maximum atomic E-state index is 12.2. The smallest absolute Gasteiger partial charge is 0.410 e. The highest BCUT2D eigenvalue weighted by Gasteiger charge is 2.28. The number of rotatable bonds is 4. The van der Waals surface area contributed by atoms with E-state index in [1.54, 1.807) is 10.5 Å². The topological polar surface area (TPSA) is 45.1 Å². The quantitative estimate of drug-likeness (QED) is 0.551. The largest absolute Gasteiger partial charge is 0.444 e. The molecule has 1 atom stereocenters. The minimum absolute atomic E-state index is 0.211. The molecule has 1 heterocycles. The van der Waals surface area contributed by atoms with Crippen molar-refractivity contribution in [3.05, 3.63) is 11.6 Å². The predicted octanol–water partition coefficient (Wildman–Crippen LogP) is 4.34. The molecular weight excluding hydrogens is 326 g/mol. The fourth-order valence-corrected chi connectivity index (χ4v) is 3.53. The Kier molecular flexibility index (Phi) is 7.13. The molecule has 0 aromatic rings. The van der Waals surface area contributed by atoms with Crippen LogP contribution in [0.4, 0.5) is 4.79 Å². The molecule has 0 N–H and O–H groups in total. The van der Waals surface area contributed by atoms with Crippen LogP contribution in [0.5, 0.6) is 0 Å². The van der Waals surface area contributed by atoms with Crippen LogP contribution in [0.25, 0.3) is 0 Å². The minimum atomic E-state index is -0.443. The summed E-state index contributed by atoms with van der Waals surface area (Å²) in [6.45, 7) is 13.3. The van der Waals surface area contributed by atoms with Crippen LogP contribution in [-0.4, -0.2) is 60.6 Å². The van der Waals surface area contributed by atoms with Crippen LogP contribution in [0, 0.1) is 11.8 Å². The number of nitrogens with zero attached hydrogens (tertiary/aromatic N) is 3. The first-order valence-electron chi connectivity index (χ1n) is 10.2. The third-order valence-electron chi connectivity index (χ3n) is 5.54. The Labute approximate surface area is 159 Å². The van der Waals surface area contributed by atoms with E-state index in [1.165, 1.54) is 25.7 Å². The van der Waals surface area contributed by atoms with Gasteiger partial charge in [0.2, 0.25) is 0 Å². The molecule has 1 aliphatic heterocycles. The van der Waals surface area contributed by atoms with E-state index in [2.05, 4.69) is 29.8 Å². The molecule has 0 bridgehead atoms. The van der Waals surface area contributed by atoms with Crippen LogP contribution in [0.3, 0.4) is 0 Å². The molecule has 2 fully saturated rings. The van der Waals surface area contributed by atoms with Gasteiger partial charge in [0.1, 0.15) is 11.4 Å². The number of piperazine rings is 1. The van der Waals surface area contributed by atoms with E-state index in [4.69, 9.17) is 4.74 Å². The number of amides is 1. The van der Waals surface area contributed by atoms with E-state index in [-0.39, 0.29) is 6.09 Å². The average Bonchev–Trinajstić information content (AvgIpc) is 2.54. The van der Waals surface area contributed by atoms with Crippen LogP contribution in [0.15, 0.2) is 16.6 Å². The molecule has 1 saturated heterocycles. The number of hydrogen-bond acceptors (Lipinski definition) is 3. The summed E-state index contributed by atoms with van der Waals surface area (Å²) in [4.78, 5) is 20.9. The van der Waals surface area contributed by atoms with Crippen molar-refractivity contribution in [2.75, 3.05) is 33.2 Å². The Morgan fingerprint density at radius 1 is 1.19 bits per heavy atom. The van der Waals surface area contributed by atoms with Gasteiger partial charge >= 0.3 is 6.09 Å². The van der Waals surface area contributed by atoms with Crippen LogP contribution in [0.2, 0.25) is 0 Å². The summed E-state index contributed by atoms with van der Waals surface area (Å²) >= 11 is 0. The van der Waals surface area contributed by atoms with Gasteiger partial charge < -0.3 is 14.5 Å². The number of carbonyl (C=O) groups is 1. The summed E-state index contributed by atoms with van der Waals surface area (Å²) in [5.74, 6) is 2.42. The molecule has 1 amide bonds. The summed E-state index contributed by atoms with van der Waals surface area (Å²) in [5, 5.41) is 0. The number of carbonyl (C=O) groups excluding carboxylic acids is 1. The summed E-state index contributed by atoms with van der Waals surface area (Å²) in [7, 11) is 1.88. The summed E-state index contributed by atoms with van der Waals surface area (Å²) in [5.41, 5.74) is 1.12. The van der Waals surface area contributed by atoms with Gasteiger partial charge in [0.25, 0.3) is 0 Å². The summed E-state index contributed by atoms with van der Waals surface area (Å²) < 4.78 is 5.49. The molecule has 0 aromatic carbocycles. The fraction of sp³-hybridized carbons (Fsp3) is 0.810. The van der Waals surface area contributed by atoms with Crippen molar-refractivity contribution in [2.45, 2.75) is 65.9 Å². The Bertz CT molecular complexity index is 529. The molecule has 2 aliphatic rings. The van der Waals surface area contributed by atoms with E-state index in [1.807, 2.05) is 27.8 Å². The first kappa shape index (κ1) is 20.8. The van der Waals surface area contributed by atoms with E-state index in [0.717, 1.165) is 24.8 Å². The highest BCUT2D eigenvalue weighted by molar-refractivity contribution is 5.93. The van der Waals surface area contributed by atoms with Gasteiger partial charge in [0, 0.05) is 33.2 Å². The first-order valence-corrected chi connectivity index (χ1v) is 10.2. The summed E-state index contributed by atoms with van der Waals surface area (Å²) in [6.07, 6.45) is 7.29. The SMILES string of the molecule is CCC(C)/C(=C\C(=NC)N1CCN(C(=O)OC(C)(C)C)CC1)C1CCC1. The first-order chi connectivity index (χ1) is 12.2. The van der Waals surface area contributed by atoms with Gasteiger partial charge in [-0.05, 0) is 57.9 Å². The molecule has 0 aromatic heterocycles. The Morgan fingerprint density at radius 2 is 1.77 bits per heavy atom. The zero-order valence-electron chi connectivity index (χ0n) is 17.5. The lowest BCUT2D eigenvalue weighted by molar-refractivity contribution is 0.0187. The molecule has 148 valence electrons. The zero-order valence-corrected chi connectivity index (χ0v) is 17.5. The highest BCUT2D eigenvalue weighted by atomic mass is 16.6. The lowest BCUT2D eigenvalue weighted by Gasteiger charge is -2.37. The second-order valence-electron chi connectivity index (χ2n) is 8.62. The van der Waals surface area contributed by atoms with Crippen LogP contribution in [0.1, 0.15) is 60.3 Å². The number of amidine groups is 1. The van der Waals surface area contributed by atoms with E-state index in [0.29, 0.717) is 19.0 Å². The lowest BCUT2D eigenvalue weighted by Crippen LogP contribution is -2.51. The van der Waals surface area contributed by atoms with E-state index >= 15 is 0 Å². The molecule has 5 heteroatoms. The monoisotopic (exact) mass is 363 g/mol. The molecule has 0 radical (unpaired) electrons. The van der Waals surface area contributed by atoms with Crippen molar-refractivity contribution < 1.29 is 9.53 Å². The zero-order chi connectivity index (χ0) is 19.3. The van der Waals surface area contributed by atoms with Crippen molar-refractivity contribution in [3.63, 3.8) is 0 Å². The van der Waals surface area contributed by atoms with Crippen molar-refractivity contribution in [1.82, 2.24) is 9.80 Å². The molecule has 2 rings (SSSR count). The van der Waals surface area contributed by atoms with Crippen molar-refractivity contribution in [2.24, 2.45) is 16.8 Å². The molecular formula is C21H37N3O2. The minimum Gasteiger partial charge on any atom is -0.444 e. The lowest BCUT2D eigenvalue weighted by atomic mass is 9.74. The third kappa shape index (κ3) is 5.49. The molecule has 1 saturated carbocycles. The number of hydrogen-bond donors (Lipinski definition) is 0. The molecule has 1 unspecified atom stereocenters. The van der Waals surface area contributed by atoms with Crippen LogP contribution < -0.4 is 0 Å². The third-order valence-corrected chi connectivity index (χ3v) is 5.54. The predicted molar refractivity (Wildman–Crippen MR) is 108 cm³/mol. The van der Waals surface area contributed by atoms with Gasteiger partial charge in [0.05, 0.1) is 0 Å². The van der Waals surface area contributed by atoms with Crippen LogP contribution in [-0.2, 0) is 4.74 Å². The maximum Gasteiger partial charge on any atom is 0.410 e. The Balaban J connectivity index is 1.99. The molecule has 26 heavy (non-hydrogen) atoms. The molecule has 1 aliphatic carbocycles. The number of allylic oxidation sites excluding steroid dienone is 1. The van der Waals surface area contributed by atoms with E-state index < -0.39 is 5.60 Å². The van der Waals surface area contributed by atoms with Crippen molar-refractivity contribution >= 4 is 11.9 Å². The maximum absolute atomic E-state index is 12.2. The summed E-state index contributed by atoms with van der Waals surface area (Å²) in [6, 6.07) is 0. The normalized spacial score (nSPS) is 21.5. The highest BCUT2D eigenvalue weighted by Crippen LogP contribution is 2.37. The van der Waals surface area contributed by atoms with Crippen LogP contribution >= 0.6 is 0 Å². The van der Waals surface area contributed by atoms with Gasteiger partial charge in [-0.3, -0.25) is 4.99 Å². The second-order valence-corrected chi connectivity index (χ2v) is 8.62. The van der Waals surface area contributed by atoms with Gasteiger partial charge in [-0.2, -0.15) is 0 Å². The average molecular weight is 364 g/mol. The van der Waals surface area contributed by atoms with Gasteiger partial charge in [0.15, 0.2) is 0 Å². The van der Waals surface area contributed by atoms with E-state index in [9.17, 15) is 4.79 Å². The van der Waals surface area contributed by atoms with Gasteiger partial charge in [-0.25, -0.2) is 4.79 Å². The number of ether oxygens (including phenoxy) is 1. The van der Waals surface area contributed by atoms with Gasteiger partial charge in [-0.15, -0.1) is 0 Å². The standard InChI is InChI=1S/C21H37N3O2/c1-7-16(2)18(17-9-8-10-17)15-19(22-6)23-11-13-24(14-12-23)20(25)26-21(3,4)5/h15-17H,7-14H2,1-6H3/b18-15+,22-19?. The Morgan fingerprint density at radius 3 is 2.19 bits per heavy atom. The van der Waals surface area contributed by atoms with Gasteiger partial charge in [-0.1, -0.05) is 25.8 Å². The number of aliphatic imine (C=N–C) groups is 1. The van der Waals surface area contributed by atoms with Crippen molar-refractivity contribution in [1.29, 1.82) is 0 Å². The second kappa shape index (κ2) is 8.92.